The fraction of sp³-hybridized carbons (Fsp3) is 0.550. The van der Waals surface area contributed by atoms with Crippen molar-refractivity contribution in [3.05, 3.63) is 42.0 Å². The number of carbonyl (C=O) groups is 1. The van der Waals surface area contributed by atoms with Crippen LogP contribution in [0.4, 0.5) is 0 Å². The summed E-state index contributed by atoms with van der Waals surface area (Å²) in [5.41, 5.74) is 1.52. The van der Waals surface area contributed by atoms with Gasteiger partial charge in [0.1, 0.15) is 0 Å². The van der Waals surface area contributed by atoms with Gasteiger partial charge in [-0.2, -0.15) is 0 Å². The Kier molecular flexibility index (Phi) is 5.16. The molecule has 0 radical (unpaired) electrons. The number of piperidine rings is 1. The maximum absolute atomic E-state index is 12.9. The summed E-state index contributed by atoms with van der Waals surface area (Å²) in [5.74, 6) is 0.660. The van der Waals surface area contributed by atoms with Gasteiger partial charge >= 0.3 is 0 Å². The average molecular weight is 312 g/mol. The van der Waals surface area contributed by atoms with Gasteiger partial charge in [-0.3, -0.25) is 4.79 Å². The Labute approximate surface area is 139 Å². The second kappa shape index (κ2) is 7.31. The smallest absolute Gasteiger partial charge is 0.226 e. The SMILES string of the molecule is CCCN(C/C=C/c1ccccc1)C(=O)C1CC12CCNCC2. The summed E-state index contributed by atoms with van der Waals surface area (Å²) in [7, 11) is 0. The molecule has 0 bridgehead atoms. The minimum atomic E-state index is 0.279. The van der Waals surface area contributed by atoms with Crippen LogP contribution in [0.5, 0.6) is 0 Å². The third-order valence-electron chi connectivity index (χ3n) is 5.33. The molecule has 1 spiro atoms. The van der Waals surface area contributed by atoms with Crippen molar-refractivity contribution in [3.63, 3.8) is 0 Å². The summed E-state index contributed by atoms with van der Waals surface area (Å²) in [4.78, 5) is 14.9. The molecule has 1 N–H and O–H groups in total. The Bertz CT molecular complexity index is 546. The summed E-state index contributed by atoms with van der Waals surface area (Å²) >= 11 is 0. The third-order valence-corrected chi connectivity index (χ3v) is 5.33. The second-order valence-corrected chi connectivity index (χ2v) is 6.97. The number of benzene rings is 1. The molecule has 124 valence electrons. The van der Waals surface area contributed by atoms with Crippen LogP contribution in [0, 0.1) is 11.3 Å². The molecular formula is C20H28N2O. The molecule has 1 unspecified atom stereocenters. The monoisotopic (exact) mass is 312 g/mol. The standard InChI is InChI=1S/C20H28N2O/c1-2-14-22(15-6-9-17-7-4-3-5-8-17)19(23)18-16-20(18)10-12-21-13-11-20/h3-9,18,21H,2,10-16H2,1H3/b9-6+. The summed E-state index contributed by atoms with van der Waals surface area (Å²) in [6.07, 6.45) is 8.71. The molecule has 3 heteroatoms. The van der Waals surface area contributed by atoms with E-state index in [1.165, 1.54) is 18.4 Å². The molecule has 1 heterocycles. The molecular weight excluding hydrogens is 284 g/mol. The zero-order valence-corrected chi connectivity index (χ0v) is 14.1. The average Bonchev–Trinajstić information content (AvgIpc) is 3.28. The van der Waals surface area contributed by atoms with E-state index in [1.54, 1.807) is 0 Å². The van der Waals surface area contributed by atoms with Crippen LogP contribution in [0.1, 0.15) is 38.2 Å². The lowest BCUT2D eigenvalue weighted by Crippen LogP contribution is -2.37. The zero-order valence-electron chi connectivity index (χ0n) is 14.1. The van der Waals surface area contributed by atoms with Crippen molar-refractivity contribution in [1.82, 2.24) is 10.2 Å². The highest BCUT2D eigenvalue weighted by Crippen LogP contribution is 2.59. The quantitative estimate of drug-likeness (QED) is 0.874. The Morgan fingerprint density at radius 2 is 2.04 bits per heavy atom. The minimum Gasteiger partial charge on any atom is -0.339 e. The van der Waals surface area contributed by atoms with E-state index in [0.717, 1.165) is 39.0 Å². The topological polar surface area (TPSA) is 32.3 Å². The van der Waals surface area contributed by atoms with E-state index in [-0.39, 0.29) is 5.92 Å². The van der Waals surface area contributed by atoms with Crippen LogP contribution in [0.2, 0.25) is 0 Å². The van der Waals surface area contributed by atoms with Crippen molar-refractivity contribution in [2.24, 2.45) is 11.3 Å². The Morgan fingerprint density at radius 3 is 2.74 bits per heavy atom. The van der Waals surface area contributed by atoms with Crippen molar-refractivity contribution >= 4 is 12.0 Å². The highest BCUT2D eigenvalue weighted by molar-refractivity contribution is 5.83. The van der Waals surface area contributed by atoms with Crippen LogP contribution in [-0.4, -0.2) is 37.0 Å². The molecule has 1 aliphatic carbocycles. The first-order valence-electron chi connectivity index (χ1n) is 8.96. The van der Waals surface area contributed by atoms with Gasteiger partial charge in [-0.15, -0.1) is 0 Å². The van der Waals surface area contributed by atoms with Crippen molar-refractivity contribution in [2.75, 3.05) is 26.2 Å². The van der Waals surface area contributed by atoms with Gasteiger partial charge in [0.05, 0.1) is 0 Å². The Morgan fingerprint density at radius 1 is 1.30 bits per heavy atom. The largest absolute Gasteiger partial charge is 0.339 e. The molecule has 1 saturated carbocycles. The van der Waals surface area contributed by atoms with Gasteiger partial charge in [0.2, 0.25) is 5.91 Å². The summed E-state index contributed by atoms with van der Waals surface area (Å²) in [5, 5.41) is 3.41. The molecule has 1 saturated heterocycles. The lowest BCUT2D eigenvalue weighted by Gasteiger charge is -2.26. The number of nitrogens with zero attached hydrogens (tertiary/aromatic N) is 1. The van der Waals surface area contributed by atoms with Crippen LogP contribution in [0.3, 0.4) is 0 Å². The van der Waals surface area contributed by atoms with E-state index < -0.39 is 0 Å². The highest BCUT2D eigenvalue weighted by atomic mass is 16.2. The molecule has 2 fully saturated rings. The number of amides is 1. The maximum atomic E-state index is 12.9. The zero-order chi connectivity index (χ0) is 16.1. The number of rotatable bonds is 6. The van der Waals surface area contributed by atoms with Crippen LogP contribution in [-0.2, 0) is 4.79 Å². The summed E-state index contributed by atoms with van der Waals surface area (Å²) < 4.78 is 0. The molecule has 3 rings (SSSR count). The van der Waals surface area contributed by atoms with Gasteiger partial charge in [-0.25, -0.2) is 0 Å². The predicted octanol–water partition coefficient (Wildman–Crippen LogP) is 3.33. The molecule has 1 atom stereocenters. The van der Waals surface area contributed by atoms with Gasteiger partial charge in [0.15, 0.2) is 0 Å². The lowest BCUT2D eigenvalue weighted by molar-refractivity contribution is -0.133. The van der Waals surface area contributed by atoms with E-state index in [0.29, 0.717) is 11.3 Å². The highest BCUT2D eigenvalue weighted by Gasteiger charge is 2.58. The molecule has 1 amide bonds. The minimum absolute atomic E-state index is 0.279. The number of nitrogens with one attached hydrogen (secondary N) is 1. The van der Waals surface area contributed by atoms with Crippen molar-refractivity contribution < 1.29 is 4.79 Å². The molecule has 3 nitrogen and oxygen atoms in total. The summed E-state index contributed by atoms with van der Waals surface area (Å²) in [6, 6.07) is 10.3. The molecule has 1 aliphatic heterocycles. The van der Waals surface area contributed by atoms with Crippen LogP contribution >= 0.6 is 0 Å². The maximum Gasteiger partial charge on any atom is 0.226 e. The third kappa shape index (κ3) is 3.84. The van der Waals surface area contributed by atoms with E-state index >= 15 is 0 Å². The molecule has 23 heavy (non-hydrogen) atoms. The predicted molar refractivity (Wildman–Crippen MR) is 95.0 cm³/mol. The number of hydrogen-bond acceptors (Lipinski definition) is 2. The molecule has 1 aromatic rings. The Balaban J connectivity index is 1.58. The first kappa shape index (κ1) is 16.3. The van der Waals surface area contributed by atoms with Crippen molar-refractivity contribution in [1.29, 1.82) is 0 Å². The Hall–Kier alpha value is -1.61. The fourth-order valence-electron chi connectivity index (χ4n) is 3.84. The summed E-state index contributed by atoms with van der Waals surface area (Å²) in [6.45, 7) is 5.89. The van der Waals surface area contributed by atoms with Crippen LogP contribution in [0.15, 0.2) is 36.4 Å². The number of carbonyl (C=O) groups excluding carboxylic acids is 1. The van der Waals surface area contributed by atoms with E-state index in [4.69, 9.17) is 0 Å². The van der Waals surface area contributed by atoms with Gasteiger partial charge in [-0.05, 0) is 49.8 Å². The van der Waals surface area contributed by atoms with E-state index in [2.05, 4.69) is 41.4 Å². The van der Waals surface area contributed by atoms with Gasteiger partial charge in [0, 0.05) is 19.0 Å². The van der Waals surface area contributed by atoms with Crippen molar-refractivity contribution in [3.8, 4) is 0 Å². The van der Waals surface area contributed by atoms with Gasteiger partial charge in [0.25, 0.3) is 0 Å². The second-order valence-electron chi connectivity index (χ2n) is 6.97. The lowest BCUT2D eigenvalue weighted by atomic mass is 9.91. The molecule has 2 aliphatic rings. The molecule has 0 aromatic heterocycles. The van der Waals surface area contributed by atoms with Gasteiger partial charge < -0.3 is 10.2 Å². The van der Waals surface area contributed by atoms with E-state index in [9.17, 15) is 4.79 Å². The normalized spacial score (nSPS) is 22.4. The molecule has 1 aromatic carbocycles. The van der Waals surface area contributed by atoms with Crippen LogP contribution < -0.4 is 5.32 Å². The van der Waals surface area contributed by atoms with Gasteiger partial charge in [-0.1, -0.05) is 49.4 Å². The van der Waals surface area contributed by atoms with Crippen LogP contribution in [0.25, 0.3) is 6.08 Å². The number of hydrogen-bond donors (Lipinski definition) is 1. The first-order chi connectivity index (χ1) is 11.2. The van der Waals surface area contributed by atoms with Crippen molar-refractivity contribution in [2.45, 2.75) is 32.6 Å². The van der Waals surface area contributed by atoms with E-state index in [1.807, 2.05) is 18.2 Å². The first-order valence-corrected chi connectivity index (χ1v) is 8.96. The fourth-order valence-corrected chi connectivity index (χ4v) is 3.84.